The molecular formula is C22H24N2O3S. The first-order chi connectivity index (χ1) is 13.5. The zero-order valence-electron chi connectivity index (χ0n) is 15.7. The number of nitrogens with zero attached hydrogens (tertiary/aromatic N) is 1. The molecule has 0 aliphatic carbocycles. The molecule has 3 aromatic rings. The van der Waals surface area contributed by atoms with Gasteiger partial charge < -0.3 is 19.9 Å². The summed E-state index contributed by atoms with van der Waals surface area (Å²) < 4.78 is 5.58. The number of hydrogen-bond donors (Lipinski definition) is 3. The van der Waals surface area contributed by atoms with Crippen LogP contribution in [-0.2, 0) is 4.74 Å². The first-order valence-electron chi connectivity index (χ1n) is 9.40. The molecule has 0 spiro atoms. The normalized spacial score (nSPS) is 25.0. The van der Waals surface area contributed by atoms with Crippen molar-refractivity contribution in [2.45, 2.75) is 42.9 Å². The highest BCUT2D eigenvalue weighted by Crippen LogP contribution is 2.34. The fourth-order valence-electron chi connectivity index (χ4n) is 3.58. The van der Waals surface area contributed by atoms with Gasteiger partial charge in [-0.15, -0.1) is 0 Å². The molecule has 1 aromatic heterocycles. The number of thioether (sulfide) groups is 1. The molecule has 1 fully saturated rings. The molecule has 1 aliphatic heterocycles. The number of ether oxygens (including phenoxy) is 1. The van der Waals surface area contributed by atoms with Crippen molar-refractivity contribution in [3.8, 4) is 22.5 Å². The maximum atomic E-state index is 10.3. The van der Waals surface area contributed by atoms with Gasteiger partial charge in [-0.1, -0.05) is 72.4 Å². The zero-order chi connectivity index (χ0) is 19.6. The predicted octanol–water partition coefficient (Wildman–Crippen LogP) is 4.08. The summed E-state index contributed by atoms with van der Waals surface area (Å²) in [5.41, 5.74) is 3.11. The molecule has 1 aliphatic rings. The third-order valence-electron chi connectivity index (χ3n) is 4.83. The fourth-order valence-corrected chi connectivity index (χ4v) is 4.45. The SMILES string of the molecule is CC1(O)CC(O)O[C@H](CSc2nc(-c3ccccc3)c(-c3ccccc3)[nH]2)C1. The van der Waals surface area contributed by atoms with Crippen LogP contribution in [0.5, 0.6) is 0 Å². The van der Waals surface area contributed by atoms with E-state index in [0.29, 0.717) is 12.2 Å². The lowest BCUT2D eigenvalue weighted by atomic mass is 9.92. The Hall–Kier alpha value is -2.12. The number of H-pyrrole nitrogens is 1. The highest BCUT2D eigenvalue weighted by atomic mass is 32.2. The summed E-state index contributed by atoms with van der Waals surface area (Å²) in [6.45, 7) is 1.74. The van der Waals surface area contributed by atoms with E-state index in [9.17, 15) is 10.2 Å². The van der Waals surface area contributed by atoms with E-state index in [4.69, 9.17) is 9.72 Å². The van der Waals surface area contributed by atoms with E-state index < -0.39 is 11.9 Å². The van der Waals surface area contributed by atoms with Gasteiger partial charge in [-0.25, -0.2) is 4.98 Å². The Bertz CT molecular complexity index is 855. The van der Waals surface area contributed by atoms with Gasteiger partial charge in [0, 0.05) is 29.7 Å². The molecule has 1 saturated heterocycles. The number of nitrogens with one attached hydrogen (secondary N) is 1. The lowest BCUT2D eigenvalue weighted by Crippen LogP contribution is -2.44. The molecule has 146 valence electrons. The van der Waals surface area contributed by atoms with Crippen LogP contribution in [0.4, 0.5) is 0 Å². The molecule has 0 saturated carbocycles. The van der Waals surface area contributed by atoms with E-state index in [-0.39, 0.29) is 12.5 Å². The molecule has 28 heavy (non-hydrogen) atoms. The van der Waals surface area contributed by atoms with Crippen LogP contribution in [0.25, 0.3) is 22.5 Å². The van der Waals surface area contributed by atoms with E-state index in [2.05, 4.69) is 29.2 Å². The Labute approximate surface area is 168 Å². The quantitative estimate of drug-likeness (QED) is 0.566. The highest BCUT2D eigenvalue weighted by molar-refractivity contribution is 7.99. The molecule has 3 N–H and O–H groups in total. The molecule has 2 aromatic carbocycles. The molecule has 4 rings (SSSR count). The lowest BCUT2D eigenvalue weighted by molar-refractivity contribution is -0.207. The maximum Gasteiger partial charge on any atom is 0.166 e. The number of rotatable bonds is 5. The van der Waals surface area contributed by atoms with Gasteiger partial charge >= 0.3 is 0 Å². The van der Waals surface area contributed by atoms with Crippen molar-refractivity contribution in [2.24, 2.45) is 0 Å². The van der Waals surface area contributed by atoms with Crippen LogP contribution in [0.15, 0.2) is 65.8 Å². The van der Waals surface area contributed by atoms with Crippen LogP contribution in [0.1, 0.15) is 19.8 Å². The van der Waals surface area contributed by atoms with Gasteiger partial charge in [0.2, 0.25) is 0 Å². The molecule has 2 unspecified atom stereocenters. The average molecular weight is 397 g/mol. The summed E-state index contributed by atoms with van der Waals surface area (Å²) in [7, 11) is 0. The smallest absolute Gasteiger partial charge is 0.166 e. The largest absolute Gasteiger partial charge is 0.390 e. The van der Waals surface area contributed by atoms with Gasteiger partial charge in [0.15, 0.2) is 11.4 Å². The van der Waals surface area contributed by atoms with Crippen molar-refractivity contribution in [1.82, 2.24) is 9.97 Å². The van der Waals surface area contributed by atoms with Gasteiger partial charge in [-0.3, -0.25) is 0 Å². The first-order valence-corrected chi connectivity index (χ1v) is 10.4. The molecule has 5 nitrogen and oxygen atoms in total. The Morgan fingerprint density at radius 3 is 2.36 bits per heavy atom. The van der Waals surface area contributed by atoms with Crippen LogP contribution in [0.3, 0.4) is 0 Å². The number of aromatic amines is 1. The second kappa shape index (κ2) is 8.09. The summed E-state index contributed by atoms with van der Waals surface area (Å²) in [6.07, 6.45) is -0.417. The van der Waals surface area contributed by atoms with Crippen LogP contribution in [0.2, 0.25) is 0 Å². The van der Waals surface area contributed by atoms with Crippen LogP contribution in [-0.4, -0.2) is 43.9 Å². The van der Waals surface area contributed by atoms with Gasteiger partial charge in [-0.2, -0.15) is 0 Å². The summed E-state index contributed by atoms with van der Waals surface area (Å²) in [5, 5.41) is 20.9. The standard InChI is InChI=1S/C22H24N2O3S/c1-22(26)12-17(27-18(25)13-22)14-28-21-23-19(15-8-4-2-5-9-15)20(24-21)16-10-6-3-7-11-16/h2-11,17-18,25-26H,12-14H2,1H3,(H,23,24)/t17-,18?,22?/m0/s1. The molecule has 0 bridgehead atoms. The Kier molecular flexibility index (Phi) is 5.55. The Morgan fingerprint density at radius 1 is 1.07 bits per heavy atom. The Balaban J connectivity index is 1.58. The van der Waals surface area contributed by atoms with Crippen molar-refractivity contribution in [2.75, 3.05) is 5.75 Å². The second-order valence-electron chi connectivity index (χ2n) is 7.43. The summed E-state index contributed by atoms with van der Waals surface area (Å²) in [5.74, 6) is 0.600. The number of hydrogen-bond acceptors (Lipinski definition) is 5. The van der Waals surface area contributed by atoms with Crippen molar-refractivity contribution >= 4 is 11.8 Å². The third kappa shape index (κ3) is 4.47. The van der Waals surface area contributed by atoms with E-state index in [0.717, 1.165) is 27.7 Å². The van der Waals surface area contributed by atoms with Crippen molar-refractivity contribution < 1.29 is 14.9 Å². The summed E-state index contributed by atoms with van der Waals surface area (Å²) in [6, 6.07) is 20.2. The van der Waals surface area contributed by atoms with E-state index in [1.807, 2.05) is 36.4 Å². The van der Waals surface area contributed by atoms with E-state index in [1.165, 1.54) is 0 Å². The van der Waals surface area contributed by atoms with Gasteiger partial charge in [0.25, 0.3) is 0 Å². The number of benzene rings is 2. The van der Waals surface area contributed by atoms with Crippen molar-refractivity contribution in [3.05, 3.63) is 60.7 Å². The molecule has 6 heteroatoms. The number of imidazole rings is 1. The monoisotopic (exact) mass is 396 g/mol. The minimum absolute atomic E-state index is 0.228. The average Bonchev–Trinajstić information content (AvgIpc) is 3.11. The fraction of sp³-hybridized carbons (Fsp3) is 0.318. The predicted molar refractivity (Wildman–Crippen MR) is 111 cm³/mol. The van der Waals surface area contributed by atoms with E-state index in [1.54, 1.807) is 18.7 Å². The van der Waals surface area contributed by atoms with Crippen LogP contribution in [0, 0.1) is 0 Å². The lowest BCUT2D eigenvalue weighted by Gasteiger charge is -2.36. The summed E-state index contributed by atoms with van der Waals surface area (Å²) in [4.78, 5) is 8.26. The number of aliphatic hydroxyl groups excluding tert-OH is 1. The topological polar surface area (TPSA) is 78.4 Å². The maximum absolute atomic E-state index is 10.3. The summed E-state index contributed by atoms with van der Waals surface area (Å²) >= 11 is 1.54. The molecule has 2 heterocycles. The third-order valence-corrected chi connectivity index (χ3v) is 5.83. The minimum atomic E-state index is -0.925. The second-order valence-corrected chi connectivity index (χ2v) is 8.44. The molecule has 3 atom stereocenters. The Morgan fingerprint density at radius 2 is 1.71 bits per heavy atom. The van der Waals surface area contributed by atoms with Crippen LogP contribution >= 0.6 is 11.8 Å². The number of aromatic nitrogens is 2. The van der Waals surface area contributed by atoms with Gasteiger partial charge in [-0.05, 0) is 6.92 Å². The first kappa shape index (κ1) is 19.2. The minimum Gasteiger partial charge on any atom is -0.390 e. The highest BCUT2D eigenvalue weighted by Gasteiger charge is 2.35. The van der Waals surface area contributed by atoms with Crippen LogP contribution < -0.4 is 0 Å². The number of aliphatic hydroxyl groups is 2. The molecular weight excluding hydrogens is 372 g/mol. The molecule has 0 radical (unpaired) electrons. The van der Waals surface area contributed by atoms with E-state index >= 15 is 0 Å². The van der Waals surface area contributed by atoms with Gasteiger partial charge in [0.05, 0.1) is 23.1 Å². The van der Waals surface area contributed by atoms with Gasteiger partial charge in [0.1, 0.15) is 0 Å². The molecule has 0 amide bonds. The zero-order valence-corrected chi connectivity index (χ0v) is 16.5. The van der Waals surface area contributed by atoms with Crippen molar-refractivity contribution in [3.63, 3.8) is 0 Å². The van der Waals surface area contributed by atoms with Crippen molar-refractivity contribution in [1.29, 1.82) is 0 Å².